The summed E-state index contributed by atoms with van der Waals surface area (Å²) in [7, 11) is 6.51. The molecule has 0 aliphatic carbocycles. The normalized spacial score (nSPS) is 11.1. The number of esters is 2. The fourth-order valence-electron chi connectivity index (χ4n) is 4.36. The van der Waals surface area contributed by atoms with Crippen molar-refractivity contribution < 1.29 is 38.1 Å². The number of nitrogens with zero attached hydrogens (tertiary/aromatic N) is 1. The molecule has 0 fully saturated rings. The molecule has 2 rings (SSSR count). The van der Waals surface area contributed by atoms with Gasteiger partial charge >= 0.3 is 11.9 Å². The second-order valence-electron chi connectivity index (χ2n) is 8.77. The fourth-order valence-corrected chi connectivity index (χ4v) is 4.36. The zero-order valence-electron chi connectivity index (χ0n) is 23.2. The molecule has 0 saturated carbocycles. The van der Waals surface area contributed by atoms with E-state index in [0.29, 0.717) is 47.9 Å². The Morgan fingerprint density at radius 1 is 0.842 bits per heavy atom. The molecule has 0 saturated heterocycles. The average Bonchev–Trinajstić information content (AvgIpc) is 2.93. The summed E-state index contributed by atoms with van der Waals surface area (Å²) in [6.45, 7) is 4.98. The molecule has 0 unspecified atom stereocenters. The smallest absolute Gasteiger partial charge is 0.328 e. The van der Waals surface area contributed by atoms with Crippen molar-refractivity contribution in [2.45, 2.75) is 38.5 Å². The van der Waals surface area contributed by atoms with E-state index in [0.717, 1.165) is 18.3 Å². The number of aldehydes is 1. The fraction of sp³-hybridized carbons (Fsp3) is 0.483. The standard InChI is InChI=1S/C29H39NO8/c1-7-37-27(32)29(28(33)38-8-2,23-11-13-25(35-5)26(19-23)36-6)15-9-16-30(3)17-14-21-10-12-24(34-4)22(18-21)20-31/h10-13,18-20H,7-9,14-17H2,1-6H3. The lowest BCUT2D eigenvalue weighted by Gasteiger charge is -2.31. The Bertz CT molecular complexity index is 1070. The molecule has 0 bridgehead atoms. The van der Waals surface area contributed by atoms with Crippen molar-refractivity contribution in [3.8, 4) is 17.2 Å². The topological polar surface area (TPSA) is 101 Å². The summed E-state index contributed by atoms with van der Waals surface area (Å²) in [6.07, 6.45) is 2.20. The number of hydrogen-bond acceptors (Lipinski definition) is 9. The molecule has 0 aliphatic rings. The van der Waals surface area contributed by atoms with Crippen LogP contribution in [0.25, 0.3) is 0 Å². The third kappa shape index (κ3) is 7.25. The molecular formula is C29H39NO8. The van der Waals surface area contributed by atoms with Crippen molar-refractivity contribution in [1.29, 1.82) is 0 Å². The van der Waals surface area contributed by atoms with Crippen LogP contribution in [0.3, 0.4) is 0 Å². The molecule has 0 aliphatic heterocycles. The number of hydrogen-bond donors (Lipinski definition) is 0. The van der Waals surface area contributed by atoms with Crippen molar-refractivity contribution in [2.24, 2.45) is 0 Å². The lowest BCUT2D eigenvalue weighted by molar-refractivity contribution is -0.165. The van der Waals surface area contributed by atoms with Crippen molar-refractivity contribution >= 4 is 18.2 Å². The van der Waals surface area contributed by atoms with E-state index in [9.17, 15) is 14.4 Å². The van der Waals surface area contributed by atoms with Crippen LogP contribution in [-0.4, -0.2) is 77.8 Å². The first kappa shape index (κ1) is 30.6. The van der Waals surface area contributed by atoms with E-state index in [2.05, 4.69) is 4.90 Å². The van der Waals surface area contributed by atoms with Gasteiger partial charge in [-0.05, 0) is 82.1 Å². The zero-order chi connectivity index (χ0) is 28.1. The van der Waals surface area contributed by atoms with Gasteiger partial charge in [0.15, 0.2) is 23.2 Å². The van der Waals surface area contributed by atoms with Gasteiger partial charge in [-0.25, -0.2) is 0 Å². The van der Waals surface area contributed by atoms with Crippen molar-refractivity contribution in [3.05, 3.63) is 53.1 Å². The molecule has 0 heterocycles. The Kier molecular flexibility index (Phi) is 12.1. The third-order valence-electron chi connectivity index (χ3n) is 6.42. The quantitative estimate of drug-likeness (QED) is 0.182. The van der Waals surface area contributed by atoms with Crippen molar-refractivity contribution in [1.82, 2.24) is 4.90 Å². The predicted octanol–water partition coefficient (Wildman–Crippen LogP) is 3.84. The third-order valence-corrected chi connectivity index (χ3v) is 6.42. The number of rotatable bonds is 16. The summed E-state index contributed by atoms with van der Waals surface area (Å²) in [5, 5.41) is 0. The molecule has 0 spiro atoms. The van der Waals surface area contributed by atoms with Gasteiger partial charge in [0.1, 0.15) is 5.75 Å². The van der Waals surface area contributed by atoms with E-state index < -0.39 is 17.4 Å². The summed E-state index contributed by atoms with van der Waals surface area (Å²) in [6, 6.07) is 10.5. The predicted molar refractivity (Wildman–Crippen MR) is 143 cm³/mol. The first-order valence-electron chi connectivity index (χ1n) is 12.7. The highest BCUT2D eigenvalue weighted by molar-refractivity contribution is 6.06. The van der Waals surface area contributed by atoms with E-state index in [1.54, 1.807) is 38.1 Å². The maximum absolute atomic E-state index is 13.4. The minimum absolute atomic E-state index is 0.123. The molecule has 38 heavy (non-hydrogen) atoms. The Labute approximate surface area is 225 Å². The molecule has 0 radical (unpaired) electrons. The van der Waals surface area contributed by atoms with Gasteiger partial charge < -0.3 is 28.6 Å². The largest absolute Gasteiger partial charge is 0.496 e. The minimum Gasteiger partial charge on any atom is -0.496 e. The van der Waals surface area contributed by atoms with E-state index in [-0.39, 0.29) is 19.6 Å². The number of methoxy groups -OCH3 is 3. The van der Waals surface area contributed by atoms with Crippen LogP contribution < -0.4 is 14.2 Å². The Hall–Kier alpha value is -3.59. The van der Waals surface area contributed by atoms with Gasteiger partial charge in [0.05, 0.1) is 40.1 Å². The number of benzene rings is 2. The van der Waals surface area contributed by atoms with Gasteiger partial charge in [-0.1, -0.05) is 12.1 Å². The molecule has 0 aromatic heterocycles. The van der Waals surface area contributed by atoms with Crippen LogP contribution in [0.5, 0.6) is 17.2 Å². The van der Waals surface area contributed by atoms with Crippen LogP contribution in [0.1, 0.15) is 48.2 Å². The van der Waals surface area contributed by atoms with E-state index >= 15 is 0 Å². The highest BCUT2D eigenvalue weighted by atomic mass is 16.6. The summed E-state index contributed by atoms with van der Waals surface area (Å²) in [5.74, 6) is 0.102. The first-order valence-corrected chi connectivity index (χ1v) is 12.7. The van der Waals surface area contributed by atoms with Crippen LogP contribution in [0, 0.1) is 0 Å². The lowest BCUT2D eigenvalue weighted by atomic mass is 9.76. The zero-order valence-corrected chi connectivity index (χ0v) is 23.2. The molecule has 0 atom stereocenters. The summed E-state index contributed by atoms with van der Waals surface area (Å²) >= 11 is 0. The first-order chi connectivity index (χ1) is 18.3. The Balaban J connectivity index is 2.24. The molecule has 2 aromatic carbocycles. The number of likely N-dealkylation sites (N-methyl/N-ethyl adjacent to an activating group) is 1. The van der Waals surface area contributed by atoms with E-state index in [1.165, 1.54) is 21.3 Å². The lowest BCUT2D eigenvalue weighted by Crippen LogP contribution is -2.46. The number of ether oxygens (including phenoxy) is 5. The van der Waals surface area contributed by atoms with Gasteiger partial charge in [-0.3, -0.25) is 14.4 Å². The van der Waals surface area contributed by atoms with Crippen LogP contribution in [-0.2, 0) is 30.9 Å². The maximum atomic E-state index is 13.4. The van der Waals surface area contributed by atoms with Gasteiger partial charge in [0.25, 0.3) is 0 Å². The van der Waals surface area contributed by atoms with Gasteiger partial charge in [-0.2, -0.15) is 0 Å². The Morgan fingerprint density at radius 2 is 1.45 bits per heavy atom. The molecule has 208 valence electrons. The summed E-state index contributed by atoms with van der Waals surface area (Å²) < 4.78 is 26.8. The molecule has 0 N–H and O–H groups in total. The van der Waals surface area contributed by atoms with Crippen LogP contribution in [0.15, 0.2) is 36.4 Å². The number of carbonyl (C=O) groups excluding carboxylic acids is 3. The minimum atomic E-state index is -1.65. The SMILES string of the molecule is CCOC(=O)C(CCCN(C)CCc1ccc(OC)c(C=O)c1)(C(=O)OCC)c1ccc(OC)c(OC)c1. The molecular weight excluding hydrogens is 490 g/mol. The number of carbonyl (C=O) groups is 3. The highest BCUT2D eigenvalue weighted by Crippen LogP contribution is 2.38. The van der Waals surface area contributed by atoms with Gasteiger partial charge in [0, 0.05) is 6.54 Å². The van der Waals surface area contributed by atoms with Gasteiger partial charge in [0.2, 0.25) is 0 Å². The summed E-state index contributed by atoms with van der Waals surface area (Å²) in [5.41, 5.74) is 0.296. The molecule has 0 amide bonds. The average molecular weight is 530 g/mol. The summed E-state index contributed by atoms with van der Waals surface area (Å²) in [4.78, 5) is 40.2. The van der Waals surface area contributed by atoms with Crippen LogP contribution in [0.4, 0.5) is 0 Å². The monoisotopic (exact) mass is 529 g/mol. The van der Waals surface area contributed by atoms with Crippen LogP contribution in [0.2, 0.25) is 0 Å². The highest BCUT2D eigenvalue weighted by Gasteiger charge is 2.50. The van der Waals surface area contributed by atoms with E-state index in [1.807, 2.05) is 19.2 Å². The Morgan fingerprint density at radius 3 is 2.00 bits per heavy atom. The molecule has 9 nitrogen and oxygen atoms in total. The van der Waals surface area contributed by atoms with Gasteiger partial charge in [-0.15, -0.1) is 0 Å². The molecule has 9 heteroatoms. The van der Waals surface area contributed by atoms with Crippen molar-refractivity contribution in [3.63, 3.8) is 0 Å². The molecule has 2 aromatic rings. The second kappa shape index (κ2) is 15.0. The van der Waals surface area contributed by atoms with Crippen molar-refractivity contribution in [2.75, 3.05) is 54.7 Å². The maximum Gasteiger partial charge on any atom is 0.328 e. The second-order valence-corrected chi connectivity index (χ2v) is 8.77. The van der Waals surface area contributed by atoms with E-state index in [4.69, 9.17) is 23.7 Å². The van der Waals surface area contributed by atoms with Crippen LogP contribution >= 0.6 is 0 Å².